The Labute approximate surface area is 387 Å². The average Bonchev–Trinajstić information content (AvgIpc) is 4.04. The monoisotopic (exact) mass is 948 g/mol. The number of hydrogen-bond acceptors (Lipinski definition) is 15. The molecule has 3 N–H and O–H groups in total. The Bertz CT molecular complexity index is 2120. The Morgan fingerprint density at radius 1 is 0.750 bits per heavy atom. The van der Waals surface area contributed by atoms with Crippen molar-refractivity contribution in [2.24, 2.45) is 0 Å². The van der Waals surface area contributed by atoms with Gasteiger partial charge in [-0.3, -0.25) is 4.18 Å². The Morgan fingerprint density at radius 2 is 1.27 bits per heavy atom. The van der Waals surface area contributed by atoms with Gasteiger partial charge < -0.3 is 39.8 Å². The van der Waals surface area contributed by atoms with E-state index in [2.05, 4.69) is 84.3 Å². The van der Waals surface area contributed by atoms with Gasteiger partial charge in [-0.05, 0) is 144 Å². The van der Waals surface area contributed by atoms with Crippen molar-refractivity contribution in [1.82, 2.24) is 20.9 Å². The lowest BCUT2D eigenvalue weighted by Crippen LogP contribution is -2.40. The molecule has 2 amide bonds. The van der Waals surface area contributed by atoms with Gasteiger partial charge in [0, 0.05) is 60.9 Å². The third-order valence-corrected chi connectivity index (χ3v) is 11.8. The van der Waals surface area contributed by atoms with Crippen LogP contribution in [0.3, 0.4) is 0 Å². The second-order valence-corrected chi connectivity index (χ2v) is 20.9. The predicted octanol–water partition coefficient (Wildman–Crippen LogP) is 7.57. The highest BCUT2D eigenvalue weighted by molar-refractivity contribution is 7.85. The van der Waals surface area contributed by atoms with E-state index in [1.54, 1.807) is 22.7 Å². The summed E-state index contributed by atoms with van der Waals surface area (Å²) in [5.74, 6) is 0. The predicted molar refractivity (Wildman–Crippen MR) is 253 cm³/mol. The minimum Gasteiger partial charge on any atom is -0.444 e. The molecule has 2 atom stereocenters. The van der Waals surface area contributed by atoms with Crippen molar-refractivity contribution in [3.63, 3.8) is 0 Å². The summed E-state index contributed by atoms with van der Waals surface area (Å²) in [4.78, 5) is 41.7. The second kappa shape index (κ2) is 28.2. The topological polar surface area (TPSA) is 188 Å². The number of carbonyl (C=O) groups excluding carboxylic acids is 4. The molecule has 4 aromatic rings. The second-order valence-electron chi connectivity index (χ2n) is 17.4. The molecule has 2 saturated heterocycles. The molecule has 2 aromatic heterocycles. The highest BCUT2D eigenvalue weighted by Gasteiger charge is 2.26. The number of likely N-dealkylation sites (tertiary alicyclic amines) is 1. The van der Waals surface area contributed by atoms with Crippen molar-refractivity contribution in [3.05, 3.63) is 70.4 Å². The number of rotatable bonds is 17. The maximum Gasteiger partial charge on any atom is 0.407 e. The van der Waals surface area contributed by atoms with Gasteiger partial charge in [0.1, 0.15) is 11.2 Å². The lowest BCUT2D eigenvalue weighted by atomic mass is 10.1. The Hall–Kier alpha value is -3.97. The summed E-state index contributed by atoms with van der Waals surface area (Å²) in [6.45, 7) is 18.8. The van der Waals surface area contributed by atoms with Crippen LogP contribution in [0.4, 0.5) is 9.59 Å². The van der Waals surface area contributed by atoms with E-state index in [-0.39, 0.29) is 37.0 Å². The summed E-state index contributed by atoms with van der Waals surface area (Å²) in [5, 5.41) is 15.8. The van der Waals surface area contributed by atoms with Crippen LogP contribution in [0.5, 0.6) is 0 Å². The zero-order valence-electron chi connectivity index (χ0n) is 38.4. The highest BCUT2D eigenvalue weighted by Crippen LogP contribution is 2.23. The van der Waals surface area contributed by atoms with Crippen molar-refractivity contribution < 1.29 is 50.7 Å². The molecule has 0 bridgehead atoms. The number of thiophene rings is 2. The van der Waals surface area contributed by atoms with Crippen LogP contribution in [0.15, 0.2) is 59.3 Å². The normalized spacial score (nSPS) is 16.4. The van der Waals surface area contributed by atoms with Gasteiger partial charge in [-0.25, -0.2) is 9.59 Å². The number of nitrogens with one attached hydrogen (secondary N) is 3. The standard InChI is InChI=1S/C22H32N2O3S.C14H18O4S2.C9H18N2O2.CO2/c1-22(2,3)27-21(25)23-19-7-11-24(16-19)10-4-12-26-13-8-17-5-6-20-18(15-17)9-14-28-20;1-20(15,16)18-8-2-7-17-9-5-12-3-4-14-13(11-12)6-10-19-14;1-9(2,3)13-8(12)11-7-4-5-10-6-7;2-1-3/h5-6,9,14-15,19H,4,7-8,10-13,16H2,1-3H3,(H,23,25);3-4,6,10-11H,2,5,7-9H2,1H3;7,10H,4-6H2,1-3H3,(H,11,12);. The van der Waals surface area contributed by atoms with Crippen molar-refractivity contribution in [2.75, 3.05) is 72.0 Å². The SMILES string of the molecule is CC(C)(C)OC(=O)NC1CCN(CCCOCCc2ccc3sccc3c2)C1.CC(C)(C)OC(=O)NC1CCNC1.CS(=O)(=O)OCCCOCCc1ccc2sccc2c1.O=C=O. The number of carbonyl (C=O) groups is 2. The minimum atomic E-state index is -3.33. The van der Waals surface area contributed by atoms with Gasteiger partial charge in [-0.1, -0.05) is 24.3 Å². The van der Waals surface area contributed by atoms with Gasteiger partial charge in [-0.15, -0.1) is 22.7 Å². The molecule has 18 heteroatoms. The average molecular weight is 949 g/mol. The van der Waals surface area contributed by atoms with Gasteiger partial charge in [-0.2, -0.15) is 18.0 Å². The van der Waals surface area contributed by atoms with Gasteiger partial charge in [0.2, 0.25) is 0 Å². The van der Waals surface area contributed by atoms with Crippen LogP contribution >= 0.6 is 22.7 Å². The number of fused-ring (bicyclic) bond motifs is 2. The molecule has 0 aliphatic carbocycles. The summed E-state index contributed by atoms with van der Waals surface area (Å²) < 4.78 is 50.5. The van der Waals surface area contributed by atoms with E-state index in [9.17, 15) is 18.0 Å². The van der Waals surface area contributed by atoms with E-state index in [4.69, 9.17) is 28.5 Å². The molecule has 2 aromatic carbocycles. The maximum atomic E-state index is 11.9. The first kappa shape index (κ1) is 54.4. The van der Waals surface area contributed by atoms with E-state index < -0.39 is 21.3 Å². The van der Waals surface area contributed by atoms with Gasteiger partial charge in [0.15, 0.2) is 0 Å². The first-order valence-corrected chi connectivity index (χ1v) is 25.2. The Morgan fingerprint density at radius 3 is 1.75 bits per heavy atom. The summed E-state index contributed by atoms with van der Waals surface area (Å²) in [7, 11) is -3.33. The third-order valence-electron chi connectivity index (χ3n) is 9.37. The van der Waals surface area contributed by atoms with Gasteiger partial charge in [0.25, 0.3) is 10.1 Å². The number of ether oxygens (including phenoxy) is 4. The molecule has 0 radical (unpaired) electrons. The fourth-order valence-electron chi connectivity index (χ4n) is 6.57. The first-order valence-electron chi connectivity index (χ1n) is 21.7. The molecule has 0 saturated carbocycles. The highest BCUT2D eigenvalue weighted by atomic mass is 32.2. The summed E-state index contributed by atoms with van der Waals surface area (Å²) >= 11 is 3.52. The van der Waals surface area contributed by atoms with Crippen LogP contribution in [-0.2, 0) is 55.7 Å². The van der Waals surface area contributed by atoms with Crippen LogP contribution in [0.1, 0.15) is 78.4 Å². The Kier molecular flexibility index (Phi) is 23.9. The molecule has 15 nitrogen and oxygen atoms in total. The molecule has 0 spiro atoms. The van der Waals surface area contributed by atoms with Gasteiger partial charge in [0.05, 0.1) is 26.1 Å². The van der Waals surface area contributed by atoms with E-state index in [0.29, 0.717) is 19.6 Å². The smallest absolute Gasteiger partial charge is 0.407 e. The van der Waals surface area contributed by atoms with Crippen LogP contribution in [-0.4, -0.2) is 127 Å². The van der Waals surface area contributed by atoms with Crippen LogP contribution in [0, 0.1) is 0 Å². The molecule has 356 valence electrons. The van der Waals surface area contributed by atoms with Crippen LogP contribution in [0.25, 0.3) is 20.2 Å². The number of benzene rings is 2. The van der Waals surface area contributed by atoms with Crippen molar-refractivity contribution in [3.8, 4) is 0 Å². The van der Waals surface area contributed by atoms with Gasteiger partial charge >= 0.3 is 18.3 Å². The van der Waals surface area contributed by atoms with Crippen LogP contribution < -0.4 is 16.0 Å². The number of amides is 2. The quantitative estimate of drug-likeness (QED) is 0.0696. The molecule has 64 heavy (non-hydrogen) atoms. The molecule has 2 fully saturated rings. The van der Waals surface area contributed by atoms with Crippen LogP contribution in [0.2, 0.25) is 0 Å². The molecule has 2 aliphatic rings. The minimum absolute atomic E-state index is 0.180. The zero-order valence-corrected chi connectivity index (χ0v) is 40.9. The fraction of sp³-hybridized carbons (Fsp3) is 0.587. The summed E-state index contributed by atoms with van der Waals surface area (Å²) in [6.07, 6.45) is 6.04. The summed E-state index contributed by atoms with van der Waals surface area (Å²) in [6, 6.07) is 17.8. The third kappa shape index (κ3) is 24.4. The van der Waals surface area contributed by atoms with E-state index in [0.717, 1.165) is 84.3 Å². The number of alkyl carbamates (subject to hydrolysis) is 2. The van der Waals surface area contributed by atoms with E-state index in [1.807, 2.05) is 41.5 Å². The molecular formula is C46H68N4O11S3. The van der Waals surface area contributed by atoms with Crippen molar-refractivity contribution >= 4 is 71.3 Å². The molecule has 2 unspecified atom stereocenters. The van der Waals surface area contributed by atoms with Crippen molar-refractivity contribution in [1.29, 1.82) is 0 Å². The molecule has 2 aliphatic heterocycles. The fourth-order valence-corrected chi connectivity index (χ4v) is 8.53. The Balaban J connectivity index is 0.000000264. The summed E-state index contributed by atoms with van der Waals surface area (Å²) in [5.41, 5.74) is 1.73. The number of hydrogen-bond donors (Lipinski definition) is 3. The lowest BCUT2D eigenvalue weighted by Gasteiger charge is -2.22. The molecular weight excluding hydrogens is 881 g/mol. The molecule has 6 rings (SSSR count). The van der Waals surface area contributed by atoms with E-state index in [1.165, 1.54) is 31.3 Å². The number of nitrogens with zero attached hydrogens (tertiary/aromatic N) is 1. The van der Waals surface area contributed by atoms with E-state index >= 15 is 0 Å². The molecule has 4 heterocycles. The van der Waals surface area contributed by atoms with Crippen molar-refractivity contribution in [2.45, 2.75) is 103 Å². The lowest BCUT2D eigenvalue weighted by molar-refractivity contribution is -0.191. The maximum absolute atomic E-state index is 11.9. The zero-order chi connectivity index (χ0) is 47.0. The largest absolute Gasteiger partial charge is 0.444 e. The first-order chi connectivity index (χ1) is 30.3.